The lowest BCUT2D eigenvalue weighted by Gasteiger charge is -2.19. The second-order valence-electron chi connectivity index (χ2n) is 5.98. The quantitative estimate of drug-likeness (QED) is 0.601. The van der Waals surface area contributed by atoms with Crippen LogP contribution in [-0.2, 0) is 16.3 Å². The number of aliphatic hydroxyl groups excluding tert-OH is 1. The van der Waals surface area contributed by atoms with E-state index in [0.717, 1.165) is 11.6 Å². The van der Waals surface area contributed by atoms with Crippen molar-refractivity contribution < 1.29 is 31.6 Å². The molecule has 0 amide bonds. The van der Waals surface area contributed by atoms with Crippen LogP contribution in [0, 0.1) is 10.1 Å². The maximum Gasteiger partial charge on any atom is 0.501 e. The first-order chi connectivity index (χ1) is 12.5. The van der Waals surface area contributed by atoms with Crippen molar-refractivity contribution in [3.05, 3.63) is 63.7 Å². The van der Waals surface area contributed by atoms with Crippen LogP contribution in [-0.4, -0.2) is 30.1 Å². The lowest BCUT2D eigenvalue weighted by molar-refractivity contribution is -0.384. The highest BCUT2D eigenvalue weighted by molar-refractivity contribution is 7.92. The van der Waals surface area contributed by atoms with E-state index in [9.17, 15) is 36.8 Å². The van der Waals surface area contributed by atoms with Gasteiger partial charge in [-0.2, -0.15) is 13.2 Å². The molecule has 0 saturated heterocycles. The Morgan fingerprint density at radius 2 is 1.85 bits per heavy atom. The van der Waals surface area contributed by atoms with E-state index in [1.807, 2.05) is 0 Å². The fourth-order valence-corrected chi connectivity index (χ4v) is 3.78. The standard InChI is InChI=1S/C16H13F3N2O5S/c17-16(18,19)27(25,26)10-5-6-12(13(8-10)21(23)24)20-15-11-4-2-1-3-9(11)7-14(15)22/h1-6,8,14-15,20,22H,7H2/t14-,15+/m1/s1. The van der Waals surface area contributed by atoms with E-state index in [4.69, 9.17) is 0 Å². The number of anilines is 1. The third kappa shape index (κ3) is 3.35. The maximum atomic E-state index is 12.7. The fourth-order valence-electron chi connectivity index (χ4n) is 3.00. The molecule has 11 heteroatoms. The van der Waals surface area contributed by atoms with Gasteiger partial charge in [0.15, 0.2) is 0 Å². The number of nitro benzene ring substituents is 1. The summed E-state index contributed by atoms with van der Waals surface area (Å²) in [5, 5.41) is 24.2. The van der Waals surface area contributed by atoms with Gasteiger partial charge in [-0.1, -0.05) is 24.3 Å². The van der Waals surface area contributed by atoms with Crippen molar-refractivity contribution >= 4 is 21.2 Å². The Balaban J connectivity index is 2.01. The summed E-state index contributed by atoms with van der Waals surface area (Å²) in [4.78, 5) is 9.07. The normalized spacial score (nSPS) is 19.6. The van der Waals surface area contributed by atoms with Crippen LogP contribution < -0.4 is 5.32 Å². The van der Waals surface area contributed by atoms with Crippen molar-refractivity contribution in [2.45, 2.75) is 29.0 Å². The number of nitro groups is 1. The Hall–Kier alpha value is -2.66. The van der Waals surface area contributed by atoms with Gasteiger partial charge in [0.25, 0.3) is 15.5 Å². The van der Waals surface area contributed by atoms with Crippen molar-refractivity contribution in [2.24, 2.45) is 0 Å². The molecule has 144 valence electrons. The van der Waals surface area contributed by atoms with Gasteiger partial charge in [0.2, 0.25) is 0 Å². The molecule has 0 heterocycles. The van der Waals surface area contributed by atoms with E-state index in [2.05, 4.69) is 5.32 Å². The van der Waals surface area contributed by atoms with E-state index < -0.39 is 43.0 Å². The second-order valence-corrected chi connectivity index (χ2v) is 7.92. The Labute approximate surface area is 151 Å². The summed E-state index contributed by atoms with van der Waals surface area (Å²) in [5.41, 5.74) is -5.07. The van der Waals surface area contributed by atoms with Gasteiger partial charge < -0.3 is 10.4 Å². The van der Waals surface area contributed by atoms with Crippen LogP contribution in [0.3, 0.4) is 0 Å². The van der Waals surface area contributed by atoms with Gasteiger partial charge in [0, 0.05) is 12.5 Å². The molecular formula is C16H13F3N2O5S. The van der Waals surface area contributed by atoms with Crippen LogP contribution in [0.25, 0.3) is 0 Å². The first-order valence-corrected chi connectivity index (χ1v) is 9.13. The molecule has 0 saturated carbocycles. The third-order valence-electron chi connectivity index (χ3n) is 4.30. The number of hydrogen-bond acceptors (Lipinski definition) is 6. The molecule has 0 aliphatic heterocycles. The third-order valence-corrected chi connectivity index (χ3v) is 5.78. The predicted octanol–water partition coefficient (Wildman–Crippen LogP) is 2.96. The van der Waals surface area contributed by atoms with Crippen LogP contribution in [0.5, 0.6) is 0 Å². The van der Waals surface area contributed by atoms with Crippen LogP contribution >= 0.6 is 0 Å². The molecule has 0 radical (unpaired) electrons. The molecule has 2 atom stereocenters. The van der Waals surface area contributed by atoms with Gasteiger partial charge in [-0.05, 0) is 23.3 Å². The number of hydrogen-bond donors (Lipinski definition) is 2. The fraction of sp³-hybridized carbons (Fsp3) is 0.250. The summed E-state index contributed by atoms with van der Waals surface area (Å²) in [7, 11) is -5.72. The number of aliphatic hydroxyl groups is 1. The largest absolute Gasteiger partial charge is 0.501 e. The predicted molar refractivity (Wildman–Crippen MR) is 88.9 cm³/mol. The van der Waals surface area contributed by atoms with Crippen molar-refractivity contribution in [1.29, 1.82) is 0 Å². The molecule has 27 heavy (non-hydrogen) atoms. The molecule has 2 aromatic rings. The average Bonchev–Trinajstić information content (AvgIpc) is 2.89. The molecule has 7 nitrogen and oxygen atoms in total. The second kappa shape index (κ2) is 6.50. The molecule has 1 aliphatic carbocycles. The van der Waals surface area contributed by atoms with E-state index in [1.54, 1.807) is 24.3 Å². The summed E-state index contributed by atoms with van der Waals surface area (Å²) < 4.78 is 61.1. The molecule has 2 aromatic carbocycles. The highest BCUT2D eigenvalue weighted by Crippen LogP contribution is 2.39. The number of nitrogens with zero attached hydrogens (tertiary/aromatic N) is 1. The number of fused-ring (bicyclic) bond motifs is 1. The molecule has 0 spiro atoms. The van der Waals surface area contributed by atoms with Gasteiger partial charge >= 0.3 is 5.51 Å². The highest BCUT2D eigenvalue weighted by atomic mass is 32.2. The number of benzene rings is 2. The van der Waals surface area contributed by atoms with Gasteiger partial charge in [-0.3, -0.25) is 10.1 Å². The minimum Gasteiger partial charge on any atom is -0.390 e. The zero-order valence-corrected chi connectivity index (χ0v) is 14.3. The number of nitrogens with one attached hydrogen (secondary N) is 1. The molecule has 0 aromatic heterocycles. The van der Waals surface area contributed by atoms with Crippen LogP contribution in [0.2, 0.25) is 0 Å². The van der Waals surface area contributed by atoms with Crippen molar-refractivity contribution in [2.75, 3.05) is 5.32 Å². The Morgan fingerprint density at radius 1 is 1.19 bits per heavy atom. The van der Waals surface area contributed by atoms with E-state index in [1.165, 1.54) is 0 Å². The molecule has 0 unspecified atom stereocenters. The molecular weight excluding hydrogens is 389 g/mol. The molecule has 0 fully saturated rings. The topological polar surface area (TPSA) is 110 Å². The van der Waals surface area contributed by atoms with Gasteiger partial charge in [0.1, 0.15) is 5.69 Å². The van der Waals surface area contributed by atoms with Crippen molar-refractivity contribution in [1.82, 2.24) is 0 Å². The summed E-state index contributed by atoms with van der Waals surface area (Å²) >= 11 is 0. The molecule has 0 bridgehead atoms. The first-order valence-electron chi connectivity index (χ1n) is 7.64. The van der Waals surface area contributed by atoms with Crippen LogP contribution in [0.1, 0.15) is 17.2 Å². The number of alkyl halides is 3. The Morgan fingerprint density at radius 3 is 2.48 bits per heavy atom. The maximum absolute atomic E-state index is 12.7. The number of halogens is 3. The SMILES string of the molecule is O=[N+]([O-])c1cc(S(=O)(=O)C(F)(F)F)ccc1N[C@H]1c2ccccc2C[C@H]1O. The Kier molecular flexibility index (Phi) is 4.60. The van der Waals surface area contributed by atoms with Gasteiger partial charge in [0.05, 0.1) is 22.0 Å². The smallest absolute Gasteiger partial charge is 0.390 e. The van der Waals surface area contributed by atoms with Gasteiger partial charge in [-0.25, -0.2) is 8.42 Å². The molecule has 1 aliphatic rings. The summed E-state index contributed by atoms with van der Waals surface area (Å²) in [6.45, 7) is 0. The van der Waals surface area contributed by atoms with E-state index >= 15 is 0 Å². The zero-order chi connectivity index (χ0) is 20.0. The molecule has 2 N–H and O–H groups in total. The highest BCUT2D eigenvalue weighted by Gasteiger charge is 2.47. The summed E-state index contributed by atoms with van der Waals surface area (Å²) in [5.74, 6) is 0. The van der Waals surface area contributed by atoms with Crippen molar-refractivity contribution in [3.63, 3.8) is 0 Å². The lowest BCUT2D eigenvalue weighted by Crippen LogP contribution is -2.24. The van der Waals surface area contributed by atoms with E-state index in [-0.39, 0.29) is 5.69 Å². The minimum atomic E-state index is -5.72. The van der Waals surface area contributed by atoms with Crippen LogP contribution in [0.4, 0.5) is 24.5 Å². The van der Waals surface area contributed by atoms with Crippen LogP contribution in [0.15, 0.2) is 47.4 Å². The van der Waals surface area contributed by atoms with Gasteiger partial charge in [-0.15, -0.1) is 0 Å². The average molecular weight is 402 g/mol. The monoisotopic (exact) mass is 402 g/mol. The van der Waals surface area contributed by atoms with E-state index in [0.29, 0.717) is 24.1 Å². The zero-order valence-electron chi connectivity index (χ0n) is 13.5. The summed E-state index contributed by atoms with van der Waals surface area (Å²) in [6.07, 6.45) is -0.595. The summed E-state index contributed by atoms with van der Waals surface area (Å²) in [6, 6.07) is 8.18. The number of sulfone groups is 1. The lowest BCUT2D eigenvalue weighted by atomic mass is 10.1. The molecule has 3 rings (SSSR count). The minimum absolute atomic E-state index is 0.193. The van der Waals surface area contributed by atoms with Crippen molar-refractivity contribution in [3.8, 4) is 0 Å². The number of rotatable bonds is 4. The first kappa shape index (κ1) is 19.1. The Bertz CT molecular complexity index is 1010.